The van der Waals surface area contributed by atoms with Crippen molar-refractivity contribution in [3.63, 3.8) is 0 Å². The molecule has 0 aliphatic heterocycles. The van der Waals surface area contributed by atoms with Crippen LogP contribution in [0.25, 0.3) is 16.9 Å². The number of nitro groups is 1. The van der Waals surface area contributed by atoms with Crippen molar-refractivity contribution in [1.82, 2.24) is 19.1 Å². The number of pyridine rings is 2. The van der Waals surface area contributed by atoms with Crippen LogP contribution in [-0.4, -0.2) is 24.0 Å². The van der Waals surface area contributed by atoms with Crippen molar-refractivity contribution < 1.29 is 9.66 Å². The Balaban J connectivity index is 1.95. The van der Waals surface area contributed by atoms with Gasteiger partial charge in [-0.15, -0.1) is 0 Å². The summed E-state index contributed by atoms with van der Waals surface area (Å²) in [6.45, 7) is 0.146. The van der Waals surface area contributed by atoms with Gasteiger partial charge in [-0.05, 0) is 18.2 Å². The average Bonchev–Trinajstić information content (AvgIpc) is 2.98. The lowest BCUT2D eigenvalue weighted by Gasteiger charge is -2.11. The van der Waals surface area contributed by atoms with Gasteiger partial charge >= 0.3 is 5.69 Å². The van der Waals surface area contributed by atoms with Gasteiger partial charge in [0.15, 0.2) is 5.65 Å². The molecule has 0 aliphatic rings. The summed E-state index contributed by atoms with van der Waals surface area (Å²) in [5.74, 6) is 0.326. The first kappa shape index (κ1) is 18.6. The van der Waals surface area contributed by atoms with Crippen molar-refractivity contribution in [2.45, 2.75) is 6.61 Å². The molecule has 0 bridgehead atoms. The third-order valence-corrected chi connectivity index (χ3v) is 4.68. The second-order valence-corrected chi connectivity index (χ2v) is 6.54. The van der Waals surface area contributed by atoms with Crippen molar-refractivity contribution in [3.05, 3.63) is 86.2 Å². The maximum absolute atomic E-state index is 13.0. The molecule has 9 nitrogen and oxygen atoms in total. The van der Waals surface area contributed by atoms with Gasteiger partial charge in [0.05, 0.1) is 15.6 Å². The van der Waals surface area contributed by atoms with Crippen LogP contribution in [0.2, 0.25) is 5.02 Å². The lowest BCUT2D eigenvalue weighted by Crippen LogP contribution is -2.22. The molecule has 0 aliphatic carbocycles. The van der Waals surface area contributed by atoms with E-state index in [1.54, 1.807) is 24.4 Å². The van der Waals surface area contributed by atoms with Gasteiger partial charge in [0.1, 0.15) is 23.6 Å². The van der Waals surface area contributed by atoms with Gasteiger partial charge in [0.25, 0.3) is 5.69 Å². The molecule has 29 heavy (non-hydrogen) atoms. The predicted octanol–water partition coefficient (Wildman–Crippen LogP) is 3.26. The molecule has 3 aromatic heterocycles. The first-order valence-electron chi connectivity index (χ1n) is 8.51. The fourth-order valence-electron chi connectivity index (χ4n) is 3.05. The zero-order valence-electron chi connectivity index (χ0n) is 15.2. The number of aromatic nitrogens is 4. The maximum atomic E-state index is 13.0. The van der Waals surface area contributed by atoms with Crippen LogP contribution >= 0.6 is 11.6 Å². The number of hydrogen-bond donors (Lipinski definition) is 0. The minimum Gasteiger partial charge on any atom is -0.485 e. The minimum absolute atomic E-state index is 0.0366. The fourth-order valence-corrected chi connectivity index (χ4v) is 3.30. The number of aryl methyl sites for hydroxylation is 1. The van der Waals surface area contributed by atoms with Gasteiger partial charge in [0, 0.05) is 31.6 Å². The van der Waals surface area contributed by atoms with E-state index >= 15 is 0 Å². The topological polar surface area (TPSA) is 105 Å². The van der Waals surface area contributed by atoms with E-state index in [2.05, 4.69) is 9.97 Å². The highest BCUT2D eigenvalue weighted by molar-refractivity contribution is 6.33. The van der Waals surface area contributed by atoms with Crippen LogP contribution in [0.3, 0.4) is 0 Å². The Hall–Kier alpha value is -3.72. The van der Waals surface area contributed by atoms with Crippen LogP contribution in [0.4, 0.5) is 5.69 Å². The van der Waals surface area contributed by atoms with Crippen molar-refractivity contribution in [1.29, 1.82) is 0 Å². The smallest absolute Gasteiger partial charge is 0.335 e. The third-order valence-electron chi connectivity index (χ3n) is 4.37. The summed E-state index contributed by atoms with van der Waals surface area (Å²) < 4.78 is 8.34. The van der Waals surface area contributed by atoms with Gasteiger partial charge in [-0.3, -0.25) is 19.7 Å². The Kier molecular flexibility index (Phi) is 4.73. The normalized spacial score (nSPS) is 11.0. The Morgan fingerprint density at radius 1 is 1.14 bits per heavy atom. The third kappa shape index (κ3) is 3.21. The summed E-state index contributed by atoms with van der Waals surface area (Å²) in [6, 6.07) is 11.2. The number of halogens is 1. The molecular weight excluding hydrogens is 398 g/mol. The van der Waals surface area contributed by atoms with E-state index in [-0.39, 0.29) is 28.5 Å². The molecule has 0 atom stereocenters. The number of para-hydroxylation sites is 1. The van der Waals surface area contributed by atoms with E-state index in [9.17, 15) is 14.9 Å². The van der Waals surface area contributed by atoms with Crippen LogP contribution in [0.1, 0.15) is 5.69 Å². The lowest BCUT2D eigenvalue weighted by atomic mass is 10.2. The number of benzene rings is 1. The number of rotatable bonds is 5. The van der Waals surface area contributed by atoms with E-state index in [0.717, 1.165) is 4.57 Å². The summed E-state index contributed by atoms with van der Waals surface area (Å²) in [6.07, 6.45) is 3.15. The molecule has 0 saturated carbocycles. The fraction of sp³-hybridized carbons (Fsp3) is 0.105. The van der Waals surface area contributed by atoms with E-state index in [4.69, 9.17) is 16.3 Å². The molecule has 0 spiro atoms. The molecule has 0 amide bonds. The highest BCUT2D eigenvalue weighted by Crippen LogP contribution is 2.34. The lowest BCUT2D eigenvalue weighted by molar-refractivity contribution is -0.384. The Bertz CT molecular complexity index is 1280. The van der Waals surface area contributed by atoms with Crippen molar-refractivity contribution >= 4 is 28.5 Å². The molecule has 0 N–H and O–H groups in total. The molecule has 3 heterocycles. The minimum atomic E-state index is -0.586. The molecule has 146 valence electrons. The second kappa shape index (κ2) is 7.36. The van der Waals surface area contributed by atoms with Crippen LogP contribution < -0.4 is 10.4 Å². The van der Waals surface area contributed by atoms with Crippen LogP contribution in [-0.2, 0) is 13.7 Å². The Morgan fingerprint density at radius 2 is 1.97 bits per heavy atom. The Morgan fingerprint density at radius 3 is 2.69 bits per heavy atom. The molecule has 0 radical (unpaired) electrons. The molecule has 0 saturated heterocycles. The summed E-state index contributed by atoms with van der Waals surface area (Å²) in [5.41, 5.74) is 0.413. The van der Waals surface area contributed by atoms with Crippen molar-refractivity contribution in [3.8, 4) is 11.4 Å². The summed E-state index contributed by atoms with van der Waals surface area (Å²) >= 11 is 6.27. The molecule has 1 aromatic carbocycles. The zero-order valence-corrected chi connectivity index (χ0v) is 15.9. The quantitative estimate of drug-likeness (QED) is 0.368. The molecule has 0 unspecified atom stereocenters. The van der Waals surface area contributed by atoms with Gasteiger partial charge < -0.3 is 4.74 Å². The SMILES string of the molecule is Cn1c(=O)n(-c2c(Cl)cccc2[N+](=O)[O-])c2c(OCc3ccccn3)ccnc21. The van der Waals surface area contributed by atoms with Gasteiger partial charge in [-0.25, -0.2) is 14.3 Å². The summed E-state index contributed by atoms with van der Waals surface area (Å²) in [7, 11) is 1.53. The molecule has 4 rings (SSSR count). The van der Waals surface area contributed by atoms with E-state index < -0.39 is 10.6 Å². The number of ether oxygens (including phenoxy) is 1. The van der Waals surface area contributed by atoms with Gasteiger partial charge in [0.2, 0.25) is 0 Å². The largest absolute Gasteiger partial charge is 0.485 e. The monoisotopic (exact) mass is 411 g/mol. The molecular formula is C19H14ClN5O4. The first-order valence-corrected chi connectivity index (χ1v) is 8.89. The van der Waals surface area contributed by atoms with E-state index in [1.807, 2.05) is 6.07 Å². The number of fused-ring (bicyclic) bond motifs is 1. The highest BCUT2D eigenvalue weighted by atomic mass is 35.5. The second-order valence-electron chi connectivity index (χ2n) is 6.13. The molecule has 10 heteroatoms. The maximum Gasteiger partial charge on any atom is 0.335 e. The Labute approximate surface area is 168 Å². The molecule has 4 aromatic rings. The summed E-state index contributed by atoms with van der Waals surface area (Å²) in [5, 5.41) is 11.6. The van der Waals surface area contributed by atoms with Gasteiger partial charge in [-0.2, -0.15) is 0 Å². The number of imidazole rings is 1. The first-order chi connectivity index (χ1) is 14.0. The van der Waals surface area contributed by atoms with Gasteiger partial charge in [-0.1, -0.05) is 23.7 Å². The van der Waals surface area contributed by atoms with Crippen LogP contribution in [0.15, 0.2) is 59.7 Å². The molecule has 0 fully saturated rings. The van der Waals surface area contributed by atoms with E-state index in [0.29, 0.717) is 17.1 Å². The number of nitro benzene ring substituents is 1. The van der Waals surface area contributed by atoms with E-state index in [1.165, 1.54) is 36.0 Å². The number of nitrogens with zero attached hydrogens (tertiary/aromatic N) is 5. The zero-order chi connectivity index (χ0) is 20.5. The standard InChI is InChI=1S/C19H14ClN5O4/c1-23-18-17(15(8-10-22-18)29-11-12-5-2-3-9-21-12)24(19(23)26)16-13(20)6-4-7-14(16)25(27)28/h2-10H,11H2,1H3. The predicted molar refractivity (Wildman–Crippen MR) is 107 cm³/mol. The highest BCUT2D eigenvalue weighted by Gasteiger charge is 2.26. The summed E-state index contributed by atoms with van der Waals surface area (Å²) in [4.78, 5) is 32.4. The number of hydrogen-bond acceptors (Lipinski definition) is 6. The van der Waals surface area contributed by atoms with Crippen molar-refractivity contribution in [2.24, 2.45) is 7.05 Å². The van der Waals surface area contributed by atoms with Crippen LogP contribution in [0, 0.1) is 10.1 Å². The average molecular weight is 412 g/mol. The van der Waals surface area contributed by atoms with Crippen LogP contribution in [0.5, 0.6) is 5.75 Å². The van der Waals surface area contributed by atoms with Crippen molar-refractivity contribution in [2.75, 3.05) is 0 Å².